The number of likely N-dealkylation sites (tertiary alicyclic amines) is 2. The number of piperidine rings is 1. The molecule has 11 heteroatoms. The molecule has 174 valence electrons. The van der Waals surface area contributed by atoms with Crippen LogP contribution in [0.25, 0.3) is 11.4 Å². The van der Waals surface area contributed by atoms with Crippen LogP contribution < -0.4 is 0 Å². The van der Waals surface area contributed by atoms with Crippen molar-refractivity contribution in [3.8, 4) is 11.4 Å². The van der Waals surface area contributed by atoms with E-state index >= 15 is 0 Å². The summed E-state index contributed by atoms with van der Waals surface area (Å²) in [6.45, 7) is 5.36. The number of aromatic nitrogens is 4. The lowest BCUT2D eigenvalue weighted by molar-refractivity contribution is -0.200. The number of nitrogens with one attached hydrogen (secondary N) is 1. The molecule has 1 N–H and O–H groups in total. The van der Waals surface area contributed by atoms with Gasteiger partial charge in [-0.05, 0) is 69.0 Å². The largest absolute Gasteiger partial charge is 0.437 e. The highest BCUT2D eigenvalue weighted by atomic mass is 19.4. The van der Waals surface area contributed by atoms with Crippen molar-refractivity contribution < 1.29 is 22.7 Å². The molecule has 0 radical (unpaired) electrons. The minimum Gasteiger partial charge on any atom is -0.437 e. The van der Waals surface area contributed by atoms with Crippen molar-refractivity contribution in [3.63, 3.8) is 0 Å². The summed E-state index contributed by atoms with van der Waals surface area (Å²) in [7, 11) is 0. The maximum absolute atomic E-state index is 12.7. The molecule has 2 aromatic rings. The van der Waals surface area contributed by atoms with E-state index in [4.69, 9.17) is 0 Å². The van der Waals surface area contributed by atoms with E-state index in [1.165, 1.54) is 4.90 Å². The number of aromatic amines is 1. The molecule has 2 fully saturated rings. The summed E-state index contributed by atoms with van der Waals surface area (Å²) in [5.41, 5.74) is 3.10. The Morgan fingerprint density at radius 1 is 1.22 bits per heavy atom. The topological polar surface area (TPSA) is 87.2 Å². The monoisotopic (exact) mass is 452 g/mol. The molecular formula is C21H27F3N6O2. The Labute approximate surface area is 184 Å². The quantitative estimate of drug-likeness (QED) is 0.761. The summed E-state index contributed by atoms with van der Waals surface area (Å²) >= 11 is 0. The van der Waals surface area contributed by atoms with Gasteiger partial charge in [-0.3, -0.25) is 4.90 Å². The lowest BCUT2D eigenvalue weighted by Crippen LogP contribution is -2.53. The predicted molar refractivity (Wildman–Crippen MR) is 110 cm³/mol. The van der Waals surface area contributed by atoms with Crippen LogP contribution in [0.1, 0.15) is 43.7 Å². The molecule has 32 heavy (non-hydrogen) atoms. The summed E-state index contributed by atoms with van der Waals surface area (Å²) in [4.78, 5) is 16.0. The number of carbonyl (C=O) groups is 1. The lowest BCUT2D eigenvalue weighted by atomic mass is 9.84. The third-order valence-corrected chi connectivity index (χ3v) is 6.55. The molecule has 1 spiro atoms. The van der Waals surface area contributed by atoms with Gasteiger partial charge < -0.3 is 9.64 Å². The molecule has 2 aliphatic rings. The van der Waals surface area contributed by atoms with Gasteiger partial charge >= 0.3 is 12.3 Å². The number of hydrogen-bond acceptors (Lipinski definition) is 6. The number of aryl methyl sites for hydroxylation is 1. The molecule has 3 heterocycles. The molecule has 1 unspecified atom stereocenters. The van der Waals surface area contributed by atoms with Crippen LogP contribution >= 0.6 is 0 Å². The van der Waals surface area contributed by atoms with Gasteiger partial charge in [0, 0.05) is 30.7 Å². The van der Waals surface area contributed by atoms with Gasteiger partial charge in [-0.1, -0.05) is 11.6 Å². The van der Waals surface area contributed by atoms with Crippen molar-refractivity contribution in [3.05, 3.63) is 29.3 Å². The van der Waals surface area contributed by atoms with Crippen LogP contribution in [0.2, 0.25) is 0 Å². The molecule has 4 rings (SSSR count). The zero-order valence-electron chi connectivity index (χ0n) is 18.2. The maximum atomic E-state index is 12.7. The molecule has 2 saturated heterocycles. The first kappa shape index (κ1) is 22.5. The number of rotatable bonds is 4. The number of nitrogens with zero attached hydrogens (tertiary/aromatic N) is 5. The molecule has 0 bridgehead atoms. The van der Waals surface area contributed by atoms with E-state index in [2.05, 4.69) is 42.4 Å². The van der Waals surface area contributed by atoms with Crippen LogP contribution in [-0.4, -0.2) is 74.0 Å². The Morgan fingerprint density at radius 3 is 2.62 bits per heavy atom. The first-order valence-electron chi connectivity index (χ1n) is 10.8. The van der Waals surface area contributed by atoms with Crippen molar-refractivity contribution in [1.82, 2.24) is 30.4 Å². The number of amides is 1. The number of benzene rings is 1. The predicted octanol–water partition coefficient (Wildman–Crippen LogP) is 3.69. The minimum atomic E-state index is -4.55. The van der Waals surface area contributed by atoms with E-state index < -0.39 is 18.4 Å². The van der Waals surface area contributed by atoms with Crippen molar-refractivity contribution >= 4 is 6.09 Å². The normalized spacial score (nSPS) is 20.0. The molecule has 1 aromatic heterocycles. The first-order chi connectivity index (χ1) is 15.2. The van der Waals surface area contributed by atoms with E-state index in [0.29, 0.717) is 31.8 Å². The summed E-state index contributed by atoms with van der Waals surface area (Å²) in [5, 5.41) is 14.2. The second-order valence-corrected chi connectivity index (χ2v) is 8.75. The zero-order chi connectivity index (χ0) is 22.9. The third-order valence-electron chi connectivity index (χ3n) is 6.55. The molecule has 0 saturated carbocycles. The molecule has 1 atom stereocenters. The van der Waals surface area contributed by atoms with E-state index in [1.54, 1.807) is 0 Å². The van der Waals surface area contributed by atoms with E-state index in [1.807, 2.05) is 13.0 Å². The number of halogens is 3. The zero-order valence-corrected chi connectivity index (χ0v) is 18.2. The minimum absolute atomic E-state index is 0.0531. The molecular weight excluding hydrogens is 425 g/mol. The Morgan fingerprint density at radius 2 is 1.97 bits per heavy atom. The van der Waals surface area contributed by atoms with Crippen LogP contribution in [0.15, 0.2) is 18.2 Å². The fourth-order valence-electron chi connectivity index (χ4n) is 4.79. The lowest BCUT2D eigenvalue weighted by Gasteiger charge is -2.45. The number of ether oxygens (including phenoxy) is 1. The smallest absolute Gasteiger partial charge is 0.425 e. The van der Waals surface area contributed by atoms with Crippen molar-refractivity contribution in [2.45, 2.75) is 63.9 Å². The Kier molecular flexibility index (Phi) is 6.11. The molecule has 2 aliphatic heterocycles. The van der Waals surface area contributed by atoms with E-state index in [-0.39, 0.29) is 5.54 Å². The first-order valence-corrected chi connectivity index (χ1v) is 10.8. The average molecular weight is 452 g/mol. The van der Waals surface area contributed by atoms with Gasteiger partial charge in [-0.15, -0.1) is 10.2 Å². The number of hydrogen-bond donors (Lipinski definition) is 1. The van der Waals surface area contributed by atoms with Gasteiger partial charge in [-0.25, -0.2) is 4.79 Å². The SMILES string of the molecule is Cc1cc(CN2CCCC23CCN(C(=O)OC(C)C(F)(F)F)CC3)cc(-c2nn[nH]n2)c1. The van der Waals surface area contributed by atoms with Gasteiger partial charge in [-0.2, -0.15) is 18.4 Å². The molecule has 1 amide bonds. The molecule has 0 aliphatic carbocycles. The van der Waals surface area contributed by atoms with Gasteiger partial charge in [0.25, 0.3) is 0 Å². The highest BCUT2D eigenvalue weighted by Crippen LogP contribution is 2.40. The fraction of sp³-hybridized carbons (Fsp3) is 0.619. The fourth-order valence-corrected chi connectivity index (χ4v) is 4.79. The molecule has 8 nitrogen and oxygen atoms in total. The van der Waals surface area contributed by atoms with Crippen molar-refractivity contribution in [2.75, 3.05) is 19.6 Å². The van der Waals surface area contributed by atoms with Crippen molar-refractivity contribution in [2.24, 2.45) is 0 Å². The standard InChI is InChI=1S/C21H27F3N6O2/c1-14-10-16(12-17(11-14)18-25-27-28-26-18)13-30-7-3-4-20(30)5-8-29(9-6-20)19(31)32-15(2)21(22,23)24/h10-12,15H,3-9,13H2,1-2H3,(H,25,26,27,28). The maximum Gasteiger partial charge on any atom is 0.425 e. The van der Waals surface area contributed by atoms with Crippen LogP contribution in [0.4, 0.5) is 18.0 Å². The summed E-state index contributed by atoms with van der Waals surface area (Å²) in [6, 6.07) is 6.22. The number of tetrazole rings is 1. The summed E-state index contributed by atoms with van der Waals surface area (Å²) in [5.74, 6) is 0.547. The Balaban J connectivity index is 1.41. The van der Waals surface area contributed by atoms with Gasteiger partial charge in [0.2, 0.25) is 5.82 Å². The number of alkyl halides is 3. The Bertz CT molecular complexity index is 942. The van der Waals surface area contributed by atoms with Gasteiger partial charge in [0.05, 0.1) is 0 Å². The summed E-state index contributed by atoms with van der Waals surface area (Å²) in [6.07, 6.45) is -4.06. The van der Waals surface area contributed by atoms with Crippen LogP contribution in [-0.2, 0) is 11.3 Å². The van der Waals surface area contributed by atoms with Crippen LogP contribution in [0.3, 0.4) is 0 Å². The number of carbonyl (C=O) groups excluding carboxylic acids is 1. The summed E-state index contributed by atoms with van der Waals surface area (Å²) < 4.78 is 42.7. The second kappa shape index (κ2) is 8.68. The van der Waals surface area contributed by atoms with Crippen LogP contribution in [0, 0.1) is 6.92 Å². The van der Waals surface area contributed by atoms with Crippen molar-refractivity contribution in [1.29, 1.82) is 0 Å². The highest BCUT2D eigenvalue weighted by molar-refractivity contribution is 5.68. The van der Waals surface area contributed by atoms with E-state index in [9.17, 15) is 18.0 Å². The number of H-pyrrole nitrogens is 1. The Hall–Kier alpha value is -2.69. The van der Waals surface area contributed by atoms with Crippen LogP contribution in [0.5, 0.6) is 0 Å². The highest BCUT2D eigenvalue weighted by Gasteiger charge is 2.45. The average Bonchev–Trinajstić information content (AvgIpc) is 3.39. The van der Waals surface area contributed by atoms with Gasteiger partial charge in [0.15, 0.2) is 6.10 Å². The second-order valence-electron chi connectivity index (χ2n) is 8.75. The third kappa shape index (κ3) is 4.72. The van der Waals surface area contributed by atoms with E-state index in [0.717, 1.165) is 49.5 Å². The molecule has 1 aromatic carbocycles. The van der Waals surface area contributed by atoms with Gasteiger partial charge in [0.1, 0.15) is 0 Å².